The average Bonchev–Trinajstić information content (AvgIpc) is 2.15. The number of hydrogen-bond donors (Lipinski definition) is 3. The summed E-state index contributed by atoms with van der Waals surface area (Å²) in [7, 11) is 0. The zero-order valence-electron chi connectivity index (χ0n) is 8.84. The van der Waals surface area contributed by atoms with E-state index in [1.165, 1.54) is 0 Å². The number of anilines is 2. The van der Waals surface area contributed by atoms with Crippen molar-refractivity contribution in [3.8, 4) is 0 Å². The Morgan fingerprint density at radius 1 is 1.71 bits per heavy atom. The lowest BCUT2D eigenvalue weighted by Crippen LogP contribution is -2.31. The Labute approximate surface area is 94.6 Å². The molecule has 92 valence electrons. The van der Waals surface area contributed by atoms with E-state index in [0.29, 0.717) is 0 Å². The van der Waals surface area contributed by atoms with Crippen molar-refractivity contribution in [2.45, 2.75) is 6.92 Å². The van der Waals surface area contributed by atoms with Gasteiger partial charge in [-0.3, -0.25) is 19.8 Å². The summed E-state index contributed by atoms with van der Waals surface area (Å²) in [5.41, 5.74) is 3.12. The fourth-order valence-corrected chi connectivity index (χ4v) is 1.30. The molecular weight excluding hydrogens is 232 g/mol. The second-order valence-electron chi connectivity index (χ2n) is 3.07. The minimum absolute atomic E-state index is 0.0719. The third-order valence-corrected chi connectivity index (χ3v) is 2.04. The number of aromatic nitrogens is 1. The van der Waals surface area contributed by atoms with Gasteiger partial charge in [-0.2, -0.15) is 0 Å². The van der Waals surface area contributed by atoms with Crippen LogP contribution < -0.4 is 16.2 Å². The Hall–Kier alpha value is -2.58. The van der Waals surface area contributed by atoms with Crippen LogP contribution in [0.15, 0.2) is 10.9 Å². The highest BCUT2D eigenvalue weighted by Crippen LogP contribution is 2.20. The summed E-state index contributed by atoms with van der Waals surface area (Å²) in [6, 6.07) is 1.04. The first kappa shape index (κ1) is 12.5. The highest BCUT2D eigenvalue weighted by Gasteiger charge is 2.21. The lowest BCUT2D eigenvalue weighted by Gasteiger charge is -2.16. The molecule has 0 saturated carbocycles. The number of pyridine rings is 1. The van der Waals surface area contributed by atoms with E-state index >= 15 is 0 Å². The van der Waals surface area contributed by atoms with Gasteiger partial charge < -0.3 is 15.8 Å². The third kappa shape index (κ3) is 2.33. The van der Waals surface area contributed by atoms with Crippen LogP contribution in [0.1, 0.15) is 6.92 Å². The van der Waals surface area contributed by atoms with Crippen molar-refractivity contribution in [1.82, 2.24) is 4.98 Å². The van der Waals surface area contributed by atoms with Crippen molar-refractivity contribution in [3.63, 3.8) is 0 Å². The number of aromatic amines is 1. The molecule has 0 aliphatic heterocycles. The number of carboxylic acid groups (broad SMARTS) is 1. The second kappa shape index (κ2) is 4.51. The van der Waals surface area contributed by atoms with Crippen molar-refractivity contribution in [2.24, 2.45) is 0 Å². The molecule has 0 spiro atoms. The average molecular weight is 242 g/mol. The lowest BCUT2D eigenvalue weighted by molar-refractivity contribution is -0.385. The van der Waals surface area contributed by atoms with Crippen LogP contribution in [-0.4, -0.2) is 27.7 Å². The molecule has 0 atom stereocenters. The molecule has 0 aromatic carbocycles. The van der Waals surface area contributed by atoms with E-state index in [1.807, 2.05) is 0 Å². The van der Waals surface area contributed by atoms with Gasteiger partial charge in [0.2, 0.25) is 0 Å². The molecule has 0 unspecified atom stereocenters. The topological polar surface area (TPSA) is 143 Å². The number of nitro groups is 1. The molecule has 0 fully saturated rings. The Morgan fingerprint density at radius 2 is 2.29 bits per heavy atom. The van der Waals surface area contributed by atoms with Gasteiger partial charge in [0.05, 0.1) is 4.92 Å². The van der Waals surface area contributed by atoms with Gasteiger partial charge in [0, 0.05) is 12.6 Å². The minimum atomic E-state index is -1.29. The normalized spacial score (nSPS) is 9.94. The first-order valence-corrected chi connectivity index (χ1v) is 4.56. The van der Waals surface area contributed by atoms with Gasteiger partial charge in [0.25, 0.3) is 0 Å². The highest BCUT2D eigenvalue weighted by atomic mass is 16.6. The standard InChI is InChI=1S/C8H10N4O5/c1-2-11(8(14)15)5-3-4(9)6(12(16)17)7(13)10-5/h3H,2H2,1H3,(H,14,15)(H3,9,10,13). The summed E-state index contributed by atoms with van der Waals surface area (Å²) in [5, 5.41) is 19.3. The van der Waals surface area contributed by atoms with Gasteiger partial charge in [0.1, 0.15) is 11.5 Å². The number of nitrogens with two attached hydrogens (primary N) is 1. The van der Waals surface area contributed by atoms with E-state index in [9.17, 15) is 19.7 Å². The van der Waals surface area contributed by atoms with E-state index in [4.69, 9.17) is 10.8 Å². The predicted octanol–water partition coefficient (Wildman–Crippen LogP) is 0.370. The quantitative estimate of drug-likeness (QED) is 0.516. The van der Waals surface area contributed by atoms with Crippen LogP contribution in [0.4, 0.5) is 22.0 Å². The Kier molecular flexibility index (Phi) is 3.31. The van der Waals surface area contributed by atoms with Crippen LogP contribution in [0.2, 0.25) is 0 Å². The third-order valence-electron chi connectivity index (χ3n) is 2.04. The summed E-state index contributed by atoms with van der Waals surface area (Å²) in [6.45, 7) is 1.62. The van der Waals surface area contributed by atoms with E-state index in [2.05, 4.69) is 4.98 Å². The van der Waals surface area contributed by atoms with Gasteiger partial charge in [0.15, 0.2) is 0 Å². The van der Waals surface area contributed by atoms with Crippen molar-refractivity contribution >= 4 is 23.3 Å². The second-order valence-corrected chi connectivity index (χ2v) is 3.07. The van der Waals surface area contributed by atoms with Crippen molar-refractivity contribution in [2.75, 3.05) is 17.2 Å². The number of nitrogens with zero attached hydrogens (tertiary/aromatic N) is 2. The number of rotatable bonds is 3. The van der Waals surface area contributed by atoms with Crippen LogP contribution >= 0.6 is 0 Å². The molecule has 9 nitrogen and oxygen atoms in total. The Balaban J connectivity index is 3.37. The molecular formula is C8H10N4O5. The molecule has 1 amide bonds. The molecule has 0 bridgehead atoms. The van der Waals surface area contributed by atoms with Gasteiger partial charge in [-0.1, -0.05) is 0 Å². The summed E-state index contributed by atoms with van der Waals surface area (Å²) in [4.78, 5) is 34.6. The number of nitrogens with one attached hydrogen (secondary N) is 1. The van der Waals surface area contributed by atoms with Crippen LogP contribution in [0, 0.1) is 10.1 Å². The molecule has 0 radical (unpaired) electrons. The van der Waals surface area contributed by atoms with E-state index < -0.39 is 22.3 Å². The predicted molar refractivity (Wildman–Crippen MR) is 59.2 cm³/mol. The first-order chi connectivity index (χ1) is 7.88. The van der Waals surface area contributed by atoms with Crippen LogP contribution in [0.5, 0.6) is 0 Å². The number of H-pyrrole nitrogens is 1. The monoisotopic (exact) mass is 242 g/mol. The first-order valence-electron chi connectivity index (χ1n) is 4.56. The summed E-state index contributed by atoms with van der Waals surface area (Å²) >= 11 is 0. The van der Waals surface area contributed by atoms with Crippen molar-refractivity contribution < 1.29 is 14.8 Å². The number of carbonyl (C=O) groups is 1. The van der Waals surface area contributed by atoms with Gasteiger partial charge in [-0.25, -0.2) is 4.79 Å². The number of nitrogen functional groups attached to an aromatic ring is 1. The smallest absolute Gasteiger partial charge is 0.412 e. The molecule has 0 saturated heterocycles. The lowest BCUT2D eigenvalue weighted by atomic mass is 10.3. The molecule has 1 aromatic rings. The molecule has 1 heterocycles. The largest absolute Gasteiger partial charge is 0.465 e. The zero-order valence-corrected chi connectivity index (χ0v) is 8.84. The Bertz CT molecular complexity index is 523. The maximum atomic E-state index is 11.3. The maximum absolute atomic E-state index is 11.3. The highest BCUT2D eigenvalue weighted by molar-refractivity contribution is 5.85. The zero-order chi connectivity index (χ0) is 13.2. The molecule has 4 N–H and O–H groups in total. The molecule has 17 heavy (non-hydrogen) atoms. The summed E-state index contributed by atoms with van der Waals surface area (Å²) in [6.07, 6.45) is -1.29. The maximum Gasteiger partial charge on any atom is 0.412 e. The van der Waals surface area contributed by atoms with E-state index in [-0.39, 0.29) is 18.1 Å². The fraction of sp³-hybridized carbons (Fsp3) is 0.250. The van der Waals surface area contributed by atoms with E-state index in [1.54, 1.807) is 6.92 Å². The van der Waals surface area contributed by atoms with E-state index in [0.717, 1.165) is 11.0 Å². The summed E-state index contributed by atoms with van der Waals surface area (Å²) < 4.78 is 0. The molecule has 9 heteroatoms. The molecule has 0 aliphatic rings. The number of amides is 1. The van der Waals surface area contributed by atoms with Gasteiger partial charge >= 0.3 is 17.3 Å². The van der Waals surface area contributed by atoms with Crippen molar-refractivity contribution in [3.05, 3.63) is 26.5 Å². The summed E-state index contributed by atoms with van der Waals surface area (Å²) in [5.74, 6) is -0.104. The SMILES string of the molecule is CCN(C(=O)O)c1cc(N)c([N+](=O)[O-])c(=O)[nH]1. The van der Waals surface area contributed by atoms with Crippen LogP contribution in [0.3, 0.4) is 0 Å². The van der Waals surface area contributed by atoms with Gasteiger partial charge in [-0.05, 0) is 6.92 Å². The van der Waals surface area contributed by atoms with Crippen LogP contribution in [-0.2, 0) is 0 Å². The van der Waals surface area contributed by atoms with Crippen LogP contribution in [0.25, 0.3) is 0 Å². The van der Waals surface area contributed by atoms with Gasteiger partial charge in [-0.15, -0.1) is 0 Å². The molecule has 1 aromatic heterocycles. The number of hydrogen-bond acceptors (Lipinski definition) is 5. The Morgan fingerprint density at radius 3 is 2.65 bits per heavy atom. The fourth-order valence-electron chi connectivity index (χ4n) is 1.30. The molecule has 0 aliphatic carbocycles. The molecule has 1 rings (SSSR count). The van der Waals surface area contributed by atoms with Crippen molar-refractivity contribution in [1.29, 1.82) is 0 Å². The minimum Gasteiger partial charge on any atom is -0.465 e.